The molecule has 1 amide bonds. The number of nitro groups is 1. The van der Waals surface area contributed by atoms with Gasteiger partial charge in [-0.05, 0) is 35.9 Å². The zero-order chi connectivity index (χ0) is 19.2. The third-order valence-corrected chi connectivity index (χ3v) is 4.89. The first-order chi connectivity index (χ1) is 13.1. The first-order valence-corrected chi connectivity index (χ1v) is 8.98. The Hall–Kier alpha value is -3.10. The molecule has 0 fully saturated rings. The zero-order valence-electron chi connectivity index (χ0n) is 14.6. The lowest BCUT2D eigenvalue weighted by atomic mass is 10.2. The van der Waals surface area contributed by atoms with Crippen molar-refractivity contribution in [1.29, 1.82) is 0 Å². The van der Waals surface area contributed by atoms with E-state index in [9.17, 15) is 14.9 Å². The monoisotopic (exact) mass is 383 g/mol. The minimum atomic E-state index is -0.464. The minimum absolute atomic E-state index is 0.00706. The molecule has 27 heavy (non-hydrogen) atoms. The number of nitro benzene ring substituents is 1. The lowest BCUT2D eigenvalue weighted by Crippen LogP contribution is -2.18. The molecule has 8 heteroatoms. The standard InChI is InChI=1S/C19H17N3O4S/c1-26-13-12-21-16-4-2-3-5-17(16)27-19(21)20-18(23)11-8-14-6-9-15(10-7-14)22(24)25/h2-11H,12-13H2,1H3/b11-8-,20-19?. The number of methoxy groups -OCH3 is 1. The van der Waals surface area contributed by atoms with E-state index < -0.39 is 10.8 Å². The number of amides is 1. The van der Waals surface area contributed by atoms with E-state index in [4.69, 9.17) is 4.74 Å². The molecule has 0 saturated carbocycles. The Morgan fingerprint density at radius 1 is 1.26 bits per heavy atom. The van der Waals surface area contributed by atoms with Crippen LogP contribution in [0.4, 0.5) is 5.69 Å². The molecular formula is C19H17N3O4S. The molecule has 0 unspecified atom stereocenters. The predicted molar refractivity (Wildman–Crippen MR) is 104 cm³/mol. The van der Waals surface area contributed by atoms with E-state index in [2.05, 4.69) is 4.99 Å². The smallest absolute Gasteiger partial charge is 0.272 e. The quantitative estimate of drug-likeness (QED) is 0.371. The summed E-state index contributed by atoms with van der Waals surface area (Å²) >= 11 is 1.44. The number of carbonyl (C=O) groups excluding carboxylic acids is 1. The molecule has 1 heterocycles. The molecular weight excluding hydrogens is 366 g/mol. The van der Waals surface area contributed by atoms with Gasteiger partial charge in [-0.2, -0.15) is 4.99 Å². The van der Waals surface area contributed by atoms with E-state index in [0.29, 0.717) is 23.5 Å². The summed E-state index contributed by atoms with van der Waals surface area (Å²) in [6.07, 6.45) is 2.94. The predicted octanol–water partition coefficient (Wildman–Crippen LogP) is 3.40. The molecule has 0 aliphatic heterocycles. The largest absolute Gasteiger partial charge is 0.383 e. The summed E-state index contributed by atoms with van der Waals surface area (Å²) < 4.78 is 8.15. The summed E-state index contributed by atoms with van der Waals surface area (Å²) in [5, 5.41) is 10.7. The SMILES string of the molecule is COCCn1c(=NC(=O)/C=C\c2ccc([N+](=O)[O-])cc2)sc2ccccc21. The molecule has 0 saturated heterocycles. The van der Waals surface area contributed by atoms with Gasteiger partial charge in [-0.25, -0.2) is 0 Å². The Balaban J connectivity index is 1.87. The van der Waals surface area contributed by atoms with Gasteiger partial charge in [0.25, 0.3) is 11.6 Å². The van der Waals surface area contributed by atoms with E-state index in [1.54, 1.807) is 25.3 Å². The van der Waals surface area contributed by atoms with Gasteiger partial charge >= 0.3 is 0 Å². The Morgan fingerprint density at radius 2 is 2.00 bits per heavy atom. The highest BCUT2D eigenvalue weighted by Crippen LogP contribution is 2.17. The Labute approximate surface area is 159 Å². The highest BCUT2D eigenvalue weighted by atomic mass is 32.1. The maximum absolute atomic E-state index is 12.3. The molecule has 0 atom stereocenters. The van der Waals surface area contributed by atoms with Crippen LogP contribution in [0.2, 0.25) is 0 Å². The topological polar surface area (TPSA) is 86.7 Å². The number of nitrogens with zero attached hydrogens (tertiary/aromatic N) is 3. The number of benzene rings is 2. The molecule has 138 valence electrons. The molecule has 2 aromatic carbocycles. The summed E-state index contributed by atoms with van der Waals surface area (Å²) in [5.41, 5.74) is 1.70. The van der Waals surface area contributed by atoms with Crippen molar-refractivity contribution in [3.05, 3.63) is 75.1 Å². The van der Waals surface area contributed by atoms with Crippen LogP contribution >= 0.6 is 11.3 Å². The van der Waals surface area contributed by atoms with Crippen molar-refractivity contribution in [2.24, 2.45) is 4.99 Å². The number of fused-ring (bicyclic) bond motifs is 1. The Bertz CT molecular complexity index is 1060. The number of non-ortho nitro benzene ring substituents is 1. The molecule has 0 spiro atoms. The Morgan fingerprint density at radius 3 is 2.70 bits per heavy atom. The normalized spacial score (nSPS) is 12.1. The van der Waals surface area contributed by atoms with Gasteiger partial charge in [0.05, 0.1) is 21.7 Å². The van der Waals surface area contributed by atoms with Gasteiger partial charge in [-0.15, -0.1) is 0 Å². The van der Waals surface area contributed by atoms with Crippen LogP contribution in [0.25, 0.3) is 16.3 Å². The summed E-state index contributed by atoms with van der Waals surface area (Å²) in [5.74, 6) is -0.397. The maximum Gasteiger partial charge on any atom is 0.272 e. The average Bonchev–Trinajstić information content (AvgIpc) is 3.02. The van der Waals surface area contributed by atoms with Crippen molar-refractivity contribution in [1.82, 2.24) is 4.57 Å². The van der Waals surface area contributed by atoms with Crippen LogP contribution in [0.5, 0.6) is 0 Å². The first-order valence-electron chi connectivity index (χ1n) is 8.17. The molecule has 3 rings (SSSR count). The minimum Gasteiger partial charge on any atom is -0.383 e. The van der Waals surface area contributed by atoms with Crippen LogP contribution in [-0.2, 0) is 16.1 Å². The lowest BCUT2D eigenvalue weighted by molar-refractivity contribution is -0.384. The zero-order valence-corrected chi connectivity index (χ0v) is 15.4. The van der Waals surface area contributed by atoms with Gasteiger partial charge in [0.2, 0.25) is 0 Å². The average molecular weight is 383 g/mol. The van der Waals surface area contributed by atoms with Crippen LogP contribution in [0.3, 0.4) is 0 Å². The number of thiazole rings is 1. The van der Waals surface area contributed by atoms with Crippen LogP contribution in [0.1, 0.15) is 5.56 Å². The highest BCUT2D eigenvalue weighted by molar-refractivity contribution is 7.16. The van der Waals surface area contributed by atoms with Crippen molar-refractivity contribution < 1.29 is 14.5 Å². The van der Waals surface area contributed by atoms with Gasteiger partial charge in [-0.1, -0.05) is 23.5 Å². The van der Waals surface area contributed by atoms with E-state index >= 15 is 0 Å². The van der Waals surface area contributed by atoms with Gasteiger partial charge in [-0.3, -0.25) is 14.9 Å². The number of aromatic nitrogens is 1. The van der Waals surface area contributed by atoms with E-state index in [-0.39, 0.29) is 5.69 Å². The van der Waals surface area contributed by atoms with Crippen molar-refractivity contribution in [2.75, 3.05) is 13.7 Å². The number of ether oxygens (including phenoxy) is 1. The van der Waals surface area contributed by atoms with Crippen LogP contribution < -0.4 is 4.80 Å². The van der Waals surface area contributed by atoms with Crippen LogP contribution in [0.15, 0.2) is 59.6 Å². The third-order valence-electron chi connectivity index (χ3n) is 3.84. The van der Waals surface area contributed by atoms with E-state index in [0.717, 1.165) is 10.2 Å². The second kappa shape index (κ2) is 8.52. The van der Waals surface area contributed by atoms with E-state index in [1.165, 1.54) is 29.5 Å². The summed E-state index contributed by atoms with van der Waals surface area (Å²) in [7, 11) is 1.63. The first kappa shape index (κ1) is 18.7. The fourth-order valence-corrected chi connectivity index (χ4v) is 3.57. The molecule has 0 aliphatic carbocycles. The fraction of sp³-hybridized carbons (Fsp3) is 0.158. The molecule has 0 radical (unpaired) electrons. The van der Waals surface area contributed by atoms with Gasteiger partial charge in [0.1, 0.15) is 0 Å². The number of hydrogen-bond donors (Lipinski definition) is 0. The van der Waals surface area contributed by atoms with Crippen molar-refractivity contribution >= 4 is 39.2 Å². The third kappa shape index (κ3) is 4.55. The van der Waals surface area contributed by atoms with Crippen LogP contribution in [0, 0.1) is 10.1 Å². The van der Waals surface area contributed by atoms with Gasteiger partial charge in [0, 0.05) is 31.9 Å². The van der Waals surface area contributed by atoms with Gasteiger partial charge in [0.15, 0.2) is 4.80 Å². The molecule has 1 aromatic heterocycles. The van der Waals surface area contributed by atoms with E-state index in [1.807, 2.05) is 28.8 Å². The fourth-order valence-electron chi connectivity index (χ4n) is 2.51. The number of hydrogen-bond acceptors (Lipinski definition) is 5. The molecule has 3 aromatic rings. The van der Waals surface area contributed by atoms with Gasteiger partial charge < -0.3 is 9.30 Å². The summed E-state index contributed by atoms with van der Waals surface area (Å²) in [6.45, 7) is 1.11. The highest BCUT2D eigenvalue weighted by Gasteiger charge is 2.07. The summed E-state index contributed by atoms with van der Waals surface area (Å²) in [4.78, 5) is 27.3. The number of para-hydroxylation sites is 1. The van der Waals surface area contributed by atoms with Crippen molar-refractivity contribution in [3.63, 3.8) is 0 Å². The molecule has 0 N–H and O–H groups in total. The van der Waals surface area contributed by atoms with Crippen LogP contribution in [-0.4, -0.2) is 29.1 Å². The molecule has 7 nitrogen and oxygen atoms in total. The Kier molecular flexibility index (Phi) is 5.90. The summed E-state index contributed by atoms with van der Waals surface area (Å²) in [6, 6.07) is 13.8. The second-order valence-electron chi connectivity index (χ2n) is 5.63. The maximum atomic E-state index is 12.3. The number of rotatable bonds is 6. The lowest BCUT2D eigenvalue weighted by Gasteiger charge is -2.03. The molecule has 0 aliphatic rings. The number of carbonyl (C=O) groups is 1. The molecule has 0 bridgehead atoms. The van der Waals surface area contributed by atoms with Crippen molar-refractivity contribution in [2.45, 2.75) is 6.54 Å². The second-order valence-corrected chi connectivity index (χ2v) is 6.64. The van der Waals surface area contributed by atoms with Crippen molar-refractivity contribution in [3.8, 4) is 0 Å².